The molecule has 3 unspecified atom stereocenters. The second kappa shape index (κ2) is 46.6. The minimum absolute atomic E-state index is 0.190. The van der Waals surface area contributed by atoms with Crippen LogP contribution in [0.25, 0.3) is 0 Å². The smallest absolute Gasteiger partial charge is 0.240 e. The number of nitrogens with zero attached hydrogens (tertiary/aromatic N) is 3. The molecule has 65 heavy (non-hydrogen) atoms. The zero-order valence-corrected chi connectivity index (χ0v) is 45.6. The van der Waals surface area contributed by atoms with Gasteiger partial charge in [-0.1, -0.05) is 241 Å². The lowest BCUT2D eigenvalue weighted by Crippen LogP contribution is -2.50. The van der Waals surface area contributed by atoms with Gasteiger partial charge in [0.05, 0.1) is 6.04 Å². The van der Waals surface area contributed by atoms with Crippen molar-refractivity contribution in [1.29, 1.82) is 0 Å². The zero-order chi connectivity index (χ0) is 47.3. The Balaban J connectivity index is 3.43. The van der Waals surface area contributed by atoms with E-state index in [4.69, 9.17) is 6.58 Å². The van der Waals surface area contributed by atoms with Crippen molar-refractivity contribution in [3.63, 3.8) is 0 Å². The first-order valence-corrected chi connectivity index (χ1v) is 30.1. The van der Waals surface area contributed by atoms with Gasteiger partial charge in [0.25, 0.3) is 0 Å². The van der Waals surface area contributed by atoms with Crippen LogP contribution in [-0.2, 0) is 4.79 Å². The molecule has 0 aromatic rings. The molecule has 1 aliphatic heterocycles. The Bertz CT molecular complexity index is 1010. The molecule has 1 aliphatic rings. The van der Waals surface area contributed by atoms with E-state index < -0.39 is 0 Å². The maximum absolute atomic E-state index is 15.4. The molecular formula is C60H120N4O. The summed E-state index contributed by atoms with van der Waals surface area (Å²) in [5, 5.41) is 3.98. The number of amides is 1. The second-order valence-electron chi connectivity index (χ2n) is 21.5. The molecule has 1 fully saturated rings. The van der Waals surface area contributed by atoms with Crippen molar-refractivity contribution >= 4 is 5.91 Å². The van der Waals surface area contributed by atoms with E-state index in [0.29, 0.717) is 11.8 Å². The van der Waals surface area contributed by atoms with E-state index in [0.717, 1.165) is 64.4 Å². The van der Waals surface area contributed by atoms with Gasteiger partial charge in [0.2, 0.25) is 5.91 Å². The van der Waals surface area contributed by atoms with Gasteiger partial charge in [-0.25, -0.2) is 0 Å². The standard InChI is InChI=1S/C60H120N4O/c1-8-14-20-26-30-36-45-57(43-34-24-18-12-5)54-63(51-38-32-28-22-16-10-3)56(7)53-59(61-47-42-50-62-48-40-41-49-62)60(65)64(52-39-33-29-23-17-11-4)55-58(44-35-25-19-13-6)46-37-31-27-21-15-9-2/h57-59,61H,7-55H2,1-6H3. The molecule has 0 saturated carbocycles. The molecule has 5 heteroatoms. The molecule has 0 spiro atoms. The lowest BCUT2D eigenvalue weighted by molar-refractivity contribution is -0.134. The number of rotatable bonds is 51. The highest BCUT2D eigenvalue weighted by atomic mass is 16.2. The minimum atomic E-state index is -0.190. The normalized spacial score (nSPS) is 14.6. The molecule has 3 atom stereocenters. The van der Waals surface area contributed by atoms with Crippen molar-refractivity contribution in [2.45, 2.75) is 304 Å². The van der Waals surface area contributed by atoms with Gasteiger partial charge < -0.3 is 20.0 Å². The molecule has 1 N–H and O–H groups in total. The van der Waals surface area contributed by atoms with E-state index in [1.54, 1.807) is 0 Å². The average Bonchev–Trinajstić information content (AvgIpc) is 3.84. The summed E-state index contributed by atoms with van der Waals surface area (Å²) in [7, 11) is 0. The number of hydrogen-bond donors (Lipinski definition) is 1. The van der Waals surface area contributed by atoms with Crippen LogP contribution in [0.3, 0.4) is 0 Å². The monoisotopic (exact) mass is 913 g/mol. The third-order valence-electron chi connectivity index (χ3n) is 15.1. The summed E-state index contributed by atoms with van der Waals surface area (Å²) >= 11 is 0. The van der Waals surface area contributed by atoms with Crippen LogP contribution in [0.1, 0.15) is 298 Å². The number of hydrogen-bond acceptors (Lipinski definition) is 4. The quantitative estimate of drug-likeness (QED) is 0.0617. The van der Waals surface area contributed by atoms with Gasteiger partial charge in [-0.2, -0.15) is 0 Å². The largest absolute Gasteiger partial charge is 0.375 e. The molecule has 0 bridgehead atoms. The second-order valence-corrected chi connectivity index (χ2v) is 21.5. The van der Waals surface area contributed by atoms with E-state index in [1.807, 2.05) is 0 Å². The number of carbonyl (C=O) groups is 1. The molecule has 1 saturated heterocycles. The molecule has 1 heterocycles. The molecule has 5 nitrogen and oxygen atoms in total. The third-order valence-corrected chi connectivity index (χ3v) is 15.1. The Morgan fingerprint density at radius 1 is 0.462 bits per heavy atom. The van der Waals surface area contributed by atoms with Crippen molar-refractivity contribution in [2.75, 3.05) is 52.4 Å². The van der Waals surface area contributed by atoms with Gasteiger partial charge in [-0.3, -0.25) is 4.79 Å². The van der Waals surface area contributed by atoms with Gasteiger partial charge in [0.15, 0.2) is 0 Å². The van der Waals surface area contributed by atoms with E-state index in [-0.39, 0.29) is 6.04 Å². The maximum Gasteiger partial charge on any atom is 0.240 e. The fourth-order valence-corrected chi connectivity index (χ4v) is 10.7. The Hall–Kier alpha value is -1.07. The minimum Gasteiger partial charge on any atom is -0.375 e. The van der Waals surface area contributed by atoms with Crippen molar-refractivity contribution in [1.82, 2.24) is 20.0 Å². The Kier molecular flexibility index (Phi) is 44.5. The number of unbranched alkanes of at least 4 members (excludes halogenated alkanes) is 26. The fourth-order valence-electron chi connectivity index (χ4n) is 10.7. The summed E-state index contributed by atoms with van der Waals surface area (Å²) in [6, 6.07) is -0.190. The highest BCUT2D eigenvalue weighted by Crippen LogP contribution is 2.26. The van der Waals surface area contributed by atoms with Crippen LogP contribution in [0.2, 0.25) is 0 Å². The van der Waals surface area contributed by atoms with Crippen molar-refractivity contribution in [2.24, 2.45) is 11.8 Å². The fraction of sp³-hybridized carbons (Fsp3) is 0.950. The first kappa shape index (κ1) is 61.9. The first-order chi connectivity index (χ1) is 31.9. The first-order valence-electron chi connectivity index (χ1n) is 30.1. The lowest BCUT2D eigenvalue weighted by Gasteiger charge is -2.35. The maximum atomic E-state index is 15.4. The molecule has 1 rings (SSSR count). The summed E-state index contributed by atoms with van der Waals surface area (Å²) in [6.45, 7) is 27.6. The van der Waals surface area contributed by atoms with Crippen LogP contribution in [0.4, 0.5) is 0 Å². The topological polar surface area (TPSA) is 38.8 Å². The molecule has 0 aromatic heterocycles. The van der Waals surface area contributed by atoms with E-state index >= 15 is 4.79 Å². The molecule has 1 amide bonds. The van der Waals surface area contributed by atoms with Gasteiger partial charge in [-0.05, 0) is 95.8 Å². The predicted molar refractivity (Wildman–Crippen MR) is 291 cm³/mol. The number of likely N-dealkylation sites (tertiary alicyclic amines) is 1. The highest BCUT2D eigenvalue weighted by molar-refractivity contribution is 5.82. The van der Waals surface area contributed by atoms with E-state index in [9.17, 15) is 0 Å². The van der Waals surface area contributed by atoms with Gasteiger partial charge in [0, 0.05) is 38.3 Å². The van der Waals surface area contributed by atoms with Crippen LogP contribution in [-0.4, -0.2) is 79.0 Å². The van der Waals surface area contributed by atoms with E-state index in [2.05, 4.69) is 61.6 Å². The highest BCUT2D eigenvalue weighted by Gasteiger charge is 2.28. The predicted octanol–water partition coefficient (Wildman–Crippen LogP) is 17.9. The Morgan fingerprint density at radius 2 is 0.800 bits per heavy atom. The van der Waals surface area contributed by atoms with Crippen LogP contribution in [0.5, 0.6) is 0 Å². The summed E-state index contributed by atoms with van der Waals surface area (Å²) < 4.78 is 0. The van der Waals surface area contributed by atoms with E-state index in [1.165, 1.54) is 256 Å². The number of carbonyl (C=O) groups excluding carboxylic acids is 1. The summed E-state index contributed by atoms with van der Waals surface area (Å²) in [5.74, 6) is 1.71. The number of nitrogens with one attached hydrogen (secondary N) is 1. The average molecular weight is 914 g/mol. The Morgan fingerprint density at radius 3 is 1.22 bits per heavy atom. The van der Waals surface area contributed by atoms with Crippen LogP contribution >= 0.6 is 0 Å². The van der Waals surface area contributed by atoms with Gasteiger partial charge in [0.1, 0.15) is 0 Å². The molecule has 0 radical (unpaired) electrons. The summed E-state index contributed by atoms with van der Waals surface area (Å²) in [5.41, 5.74) is 1.23. The SMILES string of the molecule is C=C(CC(NCCCN1CCCC1)C(=O)N(CCCCCCCC)CC(CCCCCC)CCCCCCCC)N(CCCCCCCC)CC(CCCCCC)CCCCCCCC. The van der Waals surface area contributed by atoms with Crippen molar-refractivity contribution < 1.29 is 4.79 Å². The Labute approximate surface area is 410 Å². The van der Waals surface area contributed by atoms with Crippen LogP contribution in [0, 0.1) is 11.8 Å². The molecule has 386 valence electrons. The summed E-state index contributed by atoms with van der Waals surface area (Å²) in [4.78, 5) is 23.2. The van der Waals surface area contributed by atoms with Crippen molar-refractivity contribution in [3.8, 4) is 0 Å². The van der Waals surface area contributed by atoms with Crippen LogP contribution in [0.15, 0.2) is 12.3 Å². The molecule has 0 aliphatic carbocycles. The summed E-state index contributed by atoms with van der Waals surface area (Å²) in [6.07, 6.45) is 52.4. The molecular weight excluding hydrogens is 793 g/mol. The zero-order valence-electron chi connectivity index (χ0n) is 45.6. The lowest BCUT2D eigenvalue weighted by atomic mass is 9.92. The van der Waals surface area contributed by atoms with Gasteiger partial charge in [-0.15, -0.1) is 0 Å². The van der Waals surface area contributed by atoms with Crippen LogP contribution < -0.4 is 5.32 Å². The third kappa shape index (κ3) is 35.7. The van der Waals surface area contributed by atoms with Crippen molar-refractivity contribution in [3.05, 3.63) is 12.3 Å². The van der Waals surface area contributed by atoms with Gasteiger partial charge >= 0.3 is 0 Å². The molecule has 0 aromatic carbocycles.